The number of hydrogen-bond acceptors (Lipinski definition) is 4. The van der Waals surface area contributed by atoms with E-state index >= 15 is 0 Å². The molecule has 1 amide bonds. The number of ether oxygens (including phenoxy) is 1. The molecule has 14 heavy (non-hydrogen) atoms. The van der Waals surface area contributed by atoms with Gasteiger partial charge in [-0.2, -0.15) is 0 Å². The van der Waals surface area contributed by atoms with Crippen LogP contribution in [0.4, 0.5) is 0 Å². The molecular weight excluding hydrogens is 186 g/mol. The highest BCUT2D eigenvalue weighted by molar-refractivity contribution is 5.79. The third-order valence-electron chi connectivity index (χ3n) is 1.61. The summed E-state index contributed by atoms with van der Waals surface area (Å²) in [7, 11) is 0. The number of amides is 1. The summed E-state index contributed by atoms with van der Waals surface area (Å²) < 4.78 is 4.67. The van der Waals surface area contributed by atoms with Crippen LogP contribution in [0.25, 0.3) is 0 Å². The van der Waals surface area contributed by atoms with Gasteiger partial charge in [0.25, 0.3) is 0 Å². The van der Waals surface area contributed by atoms with Crippen LogP contribution in [0, 0.1) is 0 Å². The van der Waals surface area contributed by atoms with Crippen LogP contribution in [-0.4, -0.2) is 36.2 Å². The number of hydrogen-bond donors (Lipinski definition) is 2. The Morgan fingerprint density at radius 1 is 1.71 bits per heavy atom. The second kappa shape index (κ2) is 6.15. The minimum Gasteiger partial charge on any atom is -0.464 e. The Labute approximate surface area is 82.7 Å². The SMILES string of the molecule is C=C(C)[C@H](O)[C@H](NC=O)C(=O)OCC. The van der Waals surface area contributed by atoms with Crippen LogP contribution in [0.3, 0.4) is 0 Å². The summed E-state index contributed by atoms with van der Waals surface area (Å²) in [5.74, 6) is -0.671. The van der Waals surface area contributed by atoms with Crippen LogP contribution in [0.2, 0.25) is 0 Å². The van der Waals surface area contributed by atoms with Crippen molar-refractivity contribution in [2.45, 2.75) is 26.0 Å². The van der Waals surface area contributed by atoms with Crippen molar-refractivity contribution in [3.63, 3.8) is 0 Å². The Morgan fingerprint density at radius 2 is 2.29 bits per heavy atom. The molecule has 0 bridgehead atoms. The molecule has 0 aliphatic rings. The highest BCUT2D eigenvalue weighted by Crippen LogP contribution is 2.05. The smallest absolute Gasteiger partial charge is 0.331 e. The molecule has 5 nitrogen and oxygen atoms in total. The van der Waals surface area contributed by atoms with Gasteiger partial charge in [0, 0.05) is 0 Å². The fraction of sp³-hybridized carbons (Fsp3) is 0.556. The van der Waals surface area contributed by atoms with Gasteiger partial charge in [-0.05, 0) is 19.4 Å². The number of rotatable bonds is 6. The van der Waals surface area contributed by atoms with Gasteiger partial charge in [-0.15, -0.1) is 0 Å². The number of aliphatic hydroxyl groups is 1. The molecule has 0 aromatic carbocycles. The summed E-state index contributed by atoms with van der Waals surface area (Å²) in [6.45, 7) is 6.88. The molecule has 0 aromatic heterocycles. The van der Waals surface area contributed by atoms with E-state index in [-0.39, 0.29) is 6.61 Å². The fourth-order valence-corrected chi connectivity index (χ4v) is 0.878. The molecule has 2 N–H and O–H groups in total. The van der Waals surface area contributed by atoms with E-state index in [2.05, 4.69) is 16.6 Å². The van der Waals surface area contributed by atoms with Gasteiger partial charge in [0.05, 0.1) is 6.61 Å². The standard InChI is InChI=1S/C9H15NO4/c1-4-14-9(13)7(10-5-11)8(12)6(2)3/h5,7-8,12H,2,4H2,1,3H3,(H,10,11)/t7-,8-/m0/s1. The average molecular weight is 201 g/mol. The number of carbonyl (C=O) groups is 2. The van der Waals surface area contributed by atoms with Crippen LogP contribution in [0.5, 0.6) is 0 Å². The zero-order valence-electron chi connectivity index (χ0n) is 8.32. The lowest BCUT2D eigenvalue weighted by Gasteiger charge is -2.20. The first-order valence-corrected chi connectivity index (χ1v) is 4.24. The molecule has 0 aliphatic heterocycles. The van der Waals surface area contributed by atoms with Crippen molar-refractivity contribution in [3.8, 4) is 0 Å². The molecular formula is C9H15NO4. The van der Waals surface area contributed by atoms with E-state index in [0.717, 1.165) is 0 Å². The molecule has 80 valence electrons. The molecule has 0 saturated heterocycles. The lowest BCUT2D eigenvalue weighted by molar-refractivity contribution is -0.149. The van der Waals surface area contributed by atoms with Crippen LogP contribution < -0.4 is 5.32 Å². The van der Waals surface area contributed by atoms with Crippen molar-refractivity contribution in [3.05, 3.63) is 12.2 Å². The topological polar surface area (TPSA) is 75.6 Å². The summed E-state index contributed by atoms with van der Waals surface area (Å²) in [6, 6.07) is -1.08. The predicted molar refractivity (Wildman–Crippen MR) is 50.4 cm³/mol. The van der Waals surface area contributed by atoms with E-state index in [9.17, 15) is 14.7 Å². The largest absolute Gasteiger partial charge is 0.464 e. The Bertz CT molecular complexity index is 227. The van der Waals surface area contributed by atoms with E-state index in [1.54, 1.807) is 13.8 Å². The molecule has 0 aromatic rings. The van der Waals surface area contributed by atoms with Gasteiger partial charge >= 0.3 is 5.97 Å². The second-order valence-electron chi connectivity index (χ2n) is 2.81. The molecule has 0 unspecified atom stereocenters. The number of aliphatic hydroxyl groups excluding tert-OH is 1. The number of nitrogens with one attached hydrogen (secondary N) is 1. The van der Waals surface area contributed by atoms with Crippen LogP contribution in [0.15, 0.2) is 12.2 Å². The molecule has 2 atom stereocenters. The zero-order valence-corrected chi connectivity index (χ0v) is 8.32. The molecule has 0 saturated carbocycles. The Hall–Kier alpha value is -1.36. The minimum atomic E-state index is -1.13. The minimum absolute atomic E-state index is 0.193. The maximum Gasteiger partial charge on any atom is 0.331 e. The first-order valence-electron chi connectivity index (χ1n) is 4.24. The van der Waals surface area contributed by atoms with Crippen molar-refractivity contribution >= 4 is 12.4 Å². The van der Waals surface area contributed by atoms with E-state index in [1.807, 2.05) is 0 Å². The molecule has 0 spiro atoms. The van der Waals surface area contributed by atoms with Gasteiger partial charge in [-0.3, -0.25) is 4.79 Å². The molecule has 0 fully saturated rings. The summed E-state index contributed by atoms with van der Waals surface area (Å²) in [6.07, 6.45) is -0.785. The van der Waals surface area contributed by atoms with Gasteiger partial charge in [0.2, 0.25) is 6.41 Å². The summed E-state index contributed by atoms with van der Waals surface area (Å²) >= 11 is 0. The maximum atomic E-state index is 11.2. The normalized spacial score (nSPS) is 13.9. The first-order chi connectivity index (χ1) is 6.54. The highest BCUT2D eigenvalue weighted by Gasteiger charge is 2.27. The summed E-state index contributed by atoms with van der Waals surface area (Å²) in [5.41, 5.74) is 0.386. The Morgan fingerprint density at radius 3 is 2.64 bits per heavy atom. The van der Waals surface area contributed by atoms with Crippen LogP contribution >= 0.6 is 0 Å². The third-order valence-corrected chi connectivity index (χ3v) is 1.61. The van der Waals surface area contributed by atoms with Crippen molar-refractivity contribution in [2.75, 3.05) is 6.61 Å². The van der Waals surface area contributed by atoms with E-state index < -0.39 is 18.1 Å². The van der Waals surface area contributed by atoms with Crippen LogP contribution in [-0.2, 0) is 14.3 Å². The third kappa shape index (κ3) is 3.57. The number of carbonyl (C=O) groups excluding carboxylic acids is 2. The van der Waals surface area contributed by atoms with Gasteiger partial charge in [-0.25, -0.2) is 4.79 Å². The van der Waals surface area contributed by atoms with Gasteiger partial charge in [-0.1, -0.05) is 6.58 Å². The van der Waals surface area contributed by atoms with Crippen molar-refractivity contribution < 1.29 is 19.4 Å². The Balaban J connectivity index is 4.48. The maximum absolute atomic E-state index is 11.2. The predicted octanol–water partition coefficient (Wildman–Crippen LogP) is -0.399. The van der Waals surface area contributed by atoms with Crippen molar-refractivity contribution in [2.24, 2.45) is 0 Å². The molecule has 0 rings (SSSR count). The van der Waals surface area contributed by atoms with Crippen molar-refractivity contribution in [1.82, 2.24) is 5.32 Å². The molecule has 0 aliphatic carbocycles. The summed E-state index contributed by atoms with van der Waals surface area (Å²) in [4.78, 5) is 21.4. The van der Waals surface area contributed by atoms with Crippen LogP contribution in [0.1, 0.15) is 13.8 Å². The summed E-state index contributed by atoms with van der Waals surface area (Å²) in [5, 5.41) is 11.7. The molecule has 0 radical (unpaired) electrons. The fourth-order valence-electron chi connectivity index (χ4n) is 0.878. The molecule has 5 heteroatoms. The van der Waals surface area contributed by atoms with E-state index in [0.29, 0.717) is 12.0 Å². The quantitative estimate of drug-likeness (QED) is 0.348. The van der Waals surface area contributed by atoms with Crippen molar-refractivity contribution in [1.29, 1.82) is 0 Å². The van der Waals surface area contributed by atoms with Gasteiger partial charge in [0.15, 0.2) is 6.04 Å². The second-order valence-corrected chi connectivity index (χ2v) is 2.81. The number of esters is 1. The van der Waals surface area contributed by atoms with E-state index in [1.165, 1.54) is 0 Å². The lowest BCUT2D eigenvalue weighted by atomic mass is 10.1. The van der Waals surface area contributed by atoms with E-state index in [4.69, 9.17) is 0 Å². The van der Waals surface area contributed by atoms with Gasteiger partial charge in [0.1, 0.15) is 6.10 Å². The van der Waals surface area contributed by atoms with Gasteiger partial charge < -0.3 is 15.2 Å². The Kier molecular flexibility index (Phi) is 5.55. The highest BCUT2D eigenvalue weighted by atomic mass is 16.5. The average Bonchev–Trinajstić information content (AvgIpc) is 2.13. The monoisotopic (exact) mass is 201 g/mol. The first kappa shape index (κ1) is 12.6. The zero-order chi connectivity index (χ0) is 11.1. The lowest BCUT2D eigenvalue weighted by Crippen LogP contribution is -2.46. The molecule has 0 heterocycles.